The molecule has 1 amide bonds. The number of rotatable bonds is 2. The van der Waals surface area contributed by atoms with Crippen LogP contribution in [0.1, 0.15) is 35.6 Å². The van der Waals surface area contributed by atoms with E-state index in [0.717, 1.165) is 54.9 Å². The fraction of sp³-hybridized carbons (Fsp3) is 0.450. The van der Waals surface area contributed by atoms with Gasteiger partial charge in [0.2, 0.25) is 5.91 Å². The Labute approximate surface area is 148 Å². The molecule has 1 aromatic heterocycles. The van der Waals surface area contributed by atoms with E-state index in [1.807, 2.05) is 29.3 Å². The molecule has 1 atom stereocenters. The third-order valence-corrected chi connectivity index (χ3v) is 5.36. The number of nitrogens with zero attached hydrogens (tertiary/aromatic N) is 3. The summed E-state index contributed by atoms with van der Waals surface area (Å²) >= 11 is 0. The molecule has 1 saturated heterocycles. The number of piperidine rings is 1. The van der Waals surface area contributed by atoms with Gasteiger partial charge in [-0.05, 0) is 43.4 Å². The highest BCUT2D eigenvalue weighted by atomic mass is 16.5. The van der Waals surface area contributed by atoms with Crippen LogP contribution in [0, 0.1) is 12.8 Å². The standard InChI is InChI=1S/C20H23N3O2/c1-14-11-21-13-22-19(14)15-6-8-23(9-7-15)20(24)17-10-16-4-2-3-5-18(16)25-12-17/h2-5,11,13,15,17H,6-10,12H2,1H3/t17-/m0/s1. The Kier molecular flexibility index (Phi) is 4.38. The van der Waals surface area contributed by atoms with Crippen LogP contribution in [0.15, 0.2) is 36.8 Å². The van der Waals surface area contributed by atoms with Crippen molar-refractivity contribution in [3.63, 3.8) is 0 Å². The first-order valence-corrected chi connectivity index (χ1v) is 8.98. The number of fused-ring (bicyclic) bond motifs is 1. The predicted octanol–water partition coefficient (Wildman–Crippen LogP) is 2.74. The SMILES string of the molecule is Cc1cncnc1C1CCN(C(=O)[C@@H]2COc3ccccc3C2)CC1. The average molecular weight is 337 g/mol. The van der Waals surface area contributed by atoms with Crippen molar-refractivity contribution in [2.75, 3.05) is 19.7 Å². The predicted molar refractivity (Wildman–Crippen MR) is 94.5 cm³/mol. The van der Waals surface area contributed by atoms with Crippen molar-refractivity contribution >= 4 is 5.91 Å². The first-order valence-electron chi connectivity index (χ1n) is 8.98. The summed E-state index contributed by atoms with van der Waals surface area (Å²) in [6, 6.07) is 8.01. The zero-order valence-corrected chi connectivity index (χ0v) is 14.5. The van der Waals surface area contributed by atoms with Gasteiger partial charge < -0.3 is 9.64 Å². The van der Waals surface area contributed by atoms with Gasteiger partial charge >= 0.3 is 0 Å². The van der Waals surface area contributed by atoms with Gasteiger partial charge in [0.05, 0.1) is 5.92 Å². The van der Waals surface area contributed by atoms with E-state index >= 15 is 0 Å². The van der Waals surface area contributed by atoms with E-state index in [2.05, 4.69) is 23.0 Å². The fourth-order valence-corrected chi connectivity index (χ4v) is 3.95. The highest BCUT2D eigenvalue weighted by Gasteiger charge is 2.32. The Bertz CT molecular complexity index is 769. The lowest BCUT2D eigenvalue weighted by Crippen LogP contribution is -2.44. The lowest BCUT2D eigenvalue weighted by atomic mass is 9.89. The van der Waals surface area contributed by atoms with Crippen LogP contribution < -0.4 is 4.74 Å². The molecule has 1 aromatic carbocycles. The Hall–Kier alpha value is -2.43. The minimum atomic E-state index is -0.0627. The Morgan fingerprint density at radius 2 is 2.04 bits per heavy atom. The Morgan fingerprint density at radius 1 is 1.24 bits per heavy atom. The molecule has 0 unspecified atom stereocenters. The molecule has 2 aromatic rings. The molecule has 0 N–H and O–H groups in total. The number of hydrogen-bond acceptors (Lipinski definition) is 4. The highest BCUT2D eigenvalue weighted by Crippen LogP contribution is 2.31. The summed E-state index contributed by atoms with van der Waals surface area (Å²) in [6.45, 7) is 4.14. The third kappa shape index (κ3) is 3.23. The molecule has 2 aliphatic heterocycles. The van der Waals surface area contributed by atoms with Gasteiger partial charge in [0.25, 0.3) is 0 Å². The van der Waals surface area contributed by atoms with Crippen molar-refractivity contribution in [3.05, 3.63) is 53.6 Å². The first-order chi connectivity index (χ1) is 12.2. The molecule has 1 fully saturated rings. The second-order valence-electron chi connectivity index (χ2n) is 7.01. The van der Waals surface area contributed by atoms with E-state index < -0.39 is 0 Å². The first kappa shape index (κ1) is 16.1. The van der Waals surface area contributed by atoms with Crippen LogP contribution in [0.5, 0.6) is 5.75 Å². The summed E-state index contributed by atoms with van der Waals surface area (Å²) < 4.78 is 5.79. The molecule has 3 heterocycles. The van der Waals surface area contributed by atoms with E-state index in [-0.39, 0.29) is 11.8 Å². The summed E-state index contributed by atoms with van der Waals surface area (Å²) in [6.07, 6.45) is 6.20. The van der Waals surface area contributed by atoms with Gasteiger partial charge in [-0.3, -0.25) is 4.79 Å². The second kappa shape index (κ2) is 6.82. The molecule has 0 spiro atoms. The van der Waals surface area contributed by atoms with Crippen molar-refractivity contribution in [2.24, 2.45) is 5.92 Å². The zero-order chi connectivity index (χ0) is 17.2. The van der Waals surface area contributed by atoms with Gasteiger partial charge in [-0.1, -0.05) is 18.2 Å². The Morgan fingerprint density at radius 3 is 2.84 bits per heavy atom. The van der Waals surface area contributed by atoms with Gasteiger partial charge in [0.15, 0.2) is 0 Å². The highest BCUT2D eigenvalue weighted by molar-refractivity contribution is 5.80. The van der Waals surface area contributed by atoms with Gasteiger partial charge in [-0.25, -0.2) is 9.97 Å². The van der Waals surface area contributed by atoms with Gasteiger partial charge in [-0.15, -0.1) is 0 Å². The number of benzene rings is 1. The van der Waals surface area contributed by atoms with E-state index in [9.17, 15) is 4.79 Å². The number of aryl methyl sites for hydroxylation is 1. The molecule has 0 aliphatic carbocycles. The van der Waals surface area contributed by atoms with E-state index in [1.54, 1.807) is 6.33 Å². The molecule has 5 nitrogen and oxygen atoms in total. The van der Waals surface area contributed by atoms with Crippen LogP contribution in [-0.2, 0) is 11.2 Å². The monoisotopic (exact) mass is 337 g/mol. The number of para-hydroxylation sites is 1. The van der Waals surface area contributed by atoms with Crippen LogP contribution >= 0.6 is 0 Å². The van der Waals surface area contributed by atoms with Crippen molar-refractivity contribution in [2.45, 2.75) is 32.1 Å². The number of ether oxygens (including phenoxy) is 1. The normalized spacial score (nSPS) is 20.7. The summed E-state index contributed by atoms with van der Waals surface area (Å²) in [7, 11) is 0. The smallest absolute Gasteiger partial charge is 0.229 e. The fourth-order valence-electron chi connectivity index (χ4n) is 3.95. The van der Waals surface area contributed by atoms with Gasteiger partial charge in [0, 0.05) is 30.9 Å². The number of carbonyl (C=O) groups is 1. The molecular weight excluding hydrogens is 314 g/mol. The number of carbonyl (C=O) groups excluding carboxylic acids is 1. The van der Waals surface area contributed by atoms with Crippen molar-refractivity contribution in [3.8, 4) is 5.75 Å². The number of aromatic nitrogens is 2. The van der Waals surface area contributed by atoms with E-state index in [4.69, 9.17) is 4.74 Å². The van der Waals surface area contributed by atoms with Crippen LogP contribution in [0.2, 0.25) is 0 Å². The molecule has 5 heteroatoms. The molecule has 25 heavy (non-hydrogen) atoms. The minimum Gasteiger partial charge on any atom is -0.492 e. The van der Waals surface area contributed by atoms with E-state index in [0.29, 0.717) is 12.5 Å². The van der Waals surface area contributed by atoms with Crippen molar-refractivity contribution in [1.29, 1.82) is 0 Å². The maximum Gasteiger partial charge on any atom is 0.229 e. The summed E-state index contributed by atoms with van der Waals surface area (Å²) in [5, 5.41) is 0. The van der Waals surface area contributed by atoms with E-state index in [1.165, 1.54) is 0 Å². The largest absolute Gasteiger partial charge is 0.492 e. The average Bonchev–Trinajstić information content (AvgIpc) is 2.67. The lowest BCUT2D eigenvalue weighted by molar-refractivity contribution is -0.138. The van der Waals surface area contributed by atoms with Gasteiger partial charge in [-0.2, -0.15) is 0 Å². The second-order valence-corrected chi connectivity index (χ2v) is 7.01. The van der Waals surface area contributed by atoms with Crippen molar-refractivity contribution in [1.82, 2.24) is 14.9 Å². The summed E-state index contributed by atoms with van der Waals surface area (Å²) in [5.74, 6) is 1.51. The van der Waals surface area contributed by atoms with Crippen LogP contribution in [0.3, 0.4) is 0 Å². The van der Waals surface area contributed by atoms with Crippen LogP contribution in [0.25, 0.3) is 0 Å². The summed E-state index contributed by atoms with van der Waals surface area (Å²) in [5.41, 5.74) is 3.42. The van der Waals surface area contributed by atoms with Crippen LogP contribution in [-0.4, -0.2) is 40.5 Å². The van der Waals surface area contributed by atoms with Crippen LogP contribution in [0.4, 0.5) is 0 Å². The Balaban J connectivity index is 1.38. The third-order valence-electron chi connectivity index (χ3n) is 5.36. The number of amides is 1. The van der Waals surface area contributed by atoms with Gasteiger partial charge in [0.1, 0.15) is 18.7 Å². The number of likely N-dealkylation sites (tertiary alicyclic amines) is 1. The molecule has 0 bridgehead atoms. The maximum atomic E-state index is 12.9. The maximum absolute atomic E-state index is 12.9. The number of hydrogen-bond donors (Lipinski definition) is 0. The molecule has 2 aliphatic rings. The molecule has 130 valence electrons. The molecule has 0 radical (unpaired) electrons. The zero-order valence-electron chi connectivity index (χ0n) is 14.5. The molecule has 4 rings (SSSR count). The molecule has 0 saturated carbocycles. The molecular formula is C20H23N3O2. The van der Waals surface area contributed by atoms with Crippen molar-refractivity contribution < 1.29 is 9.53 Å². The quantitative estimate of drug-likeness (QED) is 0.845. The lowest BCUT2D eigenvalue weighted by Gasteiger charge is -2.35. The topological polar surface area (TPSA) is 55.3 Å². The minimum absolute atomic E-state index is 0.0627. The summed E-state index contributed by atoms with van der Waals surface area (Å²) in [4.78, 5) is 23.4.